The van der Waals surface area contributed by atoms with Crippen molar-refractivity contribution >= 4 is 22.8 Å². The van der Waals surface area contributed by atoms with E-state index >= 15 is 0 Å². The Balaban J connectivity index is 1.44. The zero-order valence-electron chi connectivity index (χ0n) is 12.6. The molecule has 2 fully saturated rings. The van der Waals surface area contributed by atoms with Crippen LogP contribution < -0.4 is 4.90 Å². The highest BCUT2D eigenvalue weighted by atomic mass is 16.2. The molecule has 0 radical (unpaired) electrons. The number of carbonyl (C=O) groups is 1. The second-order valence-corrected chi connectivity index (χ2v) is 6.16. The summed E-state index contributed by atoms with van der Waals surface area (Å²) in [5.74, 6) is 1.57. The number of fused-ring (bicyclic) bond motifs is 1. The number of anilines is 1. The number of benzene rings is 1. The van der Waals surface area contributed by atoms with E-state index in [0.29, 0.717) is 11.8 Å². The topological polar surface area (TPSA) is 49.3 Å². The first-order valence-corrected chi connectivity index (χ1v) is 8.07. The molecule has 0 N–H and O–H groups in total. The Morgan fingerprint density at radius 3 is 2.45 bits per heavy atom. The molecule has 1 saturated heterocycles. The maximum Gasteiger partial charge on any atom is 0.225 e. The van der Waals surface area contributed by atoms with Crippen molar-refractivity contribution in [2.45, 2.75) is 19.3 Å². The van der Waals surface area contributed by atoms with Crippen LogP contribution >= 0.6 is 0 Å². The SMILES string of the molecule is O=C(C1CCC1)N1CCN(c2cnc3ccccc3n2)CC1. The van der Waals surface area contributed by atoms with Gasteiger partial charge in [-0.05, 0) is 25.0 Å². The van der Waals surface area contributed by atoms with Crippen molar-refractivity contribution in [1.29, 1.82) is 0 Å². The van der Waals surface area contributed by atoms with Gasteiger partial charge in [-0.15, -0.1) is 0 Å². The minimum Gasteiger partial charge on any atom is -0.352 e. The summed E-state index contributed by atoms with van der Waals surface area (Å²) in [6.07, 6.45) is 5.21. The maximum absolute atomic E-state index is 12.3. The van der Waals surface area contributed by atoms with Crippen LogP contribution in [0.15, 0.2) is 30.5 Å². The van der Waals surface area contributed by atoms with E-state index in [2.05, 4.69) is 9.88 Å². The standard InChI is InChI=1S/C17H20N4O/c22-17(13-4-3-5-13)21-10-8-20(9-11-21)16-12-18-14-6-1-2-7-15(14)19-16/h1-2,6-7,12-13H,3-5,8-11H2. The Hall–Kier alpha value is -2.17. The molecule has 1 aliphatic carbocycles. The third-order valence-corrected chi connectivity index (χ3v) is 4.81. The molecule has 114 valence electrons. The fraction of sp³-hybridized carbons (Fsp3) is 0.471. The Bertz CT molecular complexity index is 690. The van der Waals surface area contributed by atoms with Crippen molar-refractivity contribution in [2.24, 2.45) is 5.92 Å². The highest BCUT2D eigenvalue weighted by Gasteiger charge is 2.31. The number of hydrogen-bond acceptors (Lipinski definition) is 4. The lowest BCUT2D eigenvalue weighted by molar-refractivity contribution is -0.138. The summed E-state index contributed by atoms with van der Waals surface area (Å²) in [6.45, 7) is 3.27. The normalized spacial score (nSPS) is 19.3. The number of hydrogen-bond donors (Lipinski definition) is 0. The molecular weight excluding hydrogens is 276 g/mol. The van der Waals surface area contributed by atoms with Gasteiger partial charge in [0, 0.05) is 32.1 Å². The van der Waals surface area contributed by atoms with Gasteiger partial charge >= 0.3 is 0 Å². The highest BCUT2D eigenvalue weighted by molar-refractivity contribution is 5.80. The molecule has 0 bridgehead atoms. The van der Waals surface area contributed by atoms with Crippen molar-refractivity contribution < 1.29 is 4.79 Å². The first-order chi connectivity index (χ1) is 10.8. The molecule has 0 spiro atoms. The van der Waals surface area contributed by atoms with Crippen LogP contribution in [0.25, 0.3) is 11.0 Å². The van der Waals surface area contributed by atoms with Crippen molar-refractivity contribution in [3.05, 3.63) is 30.5 Å². The van der Waals surface area contributed by atoms with Gasteiger partial charge in [0.05, 0.1) is 17.2 Å². The molecular formula is C17H20N4O. The molecule has 2 heterocycles. The van der Waals surface area contributed by atoms with E-state index in [9.17, 15) is 4.79 Å². The van der Waals surface area contributed by atoms with Gasteiger partial charge in [-0.2, -0.15) is 0 Å². The number of para-hydroxylation sites is 2. The van der Waals surface area contributed by atoms with Gasteiger partial charge in [-0.3, -0.25) is 9.78 Å². The summed E-state index contributed by atoms with van der Waals surface area (Å²) >= 11 is 0. The van der Waals surface area contributed by atoms with Crippen LogP contribution in [0.4, 0.5) is 5.82 Å². The first-order valence-electron chi connectivity index (χ1n) is 8.07. The number of carbonyl (C=O) groups excluding carboxylic acids is 1. The van der Waals surface area contributed by atoms with Gasteiger partial charge < -0.3 is 9.80 Å². The molecule has 0 atom stereocenters. The number of nitrogens with zero attached hydrogens (tertiary/aromatic N) is 4. The predicted octanol–water partition coefficient (Wildman–Crippen LogP) is 2.08. The van der Waals surface area contributed by atoms with Crippen molar-refractivity contribution in [3.63, 3.8) is 0 Å². The molecule has 1 aromatic heterocycles. The monoisotopic (exact) mass is 296 g/mol. The largest absolute Gasteiger partial charge is 0.352 e. The lowest BCUT2D eigenvalue weighted by Crippen LogP contribution is -2.51. The lowest BCUT2D eigenvalue weighted by atomic mass is 9.84. The zero-order chi connectivity index (χ0) is 14.9. The van der Waals surface area contributed by atoms with Gasteiger partial charge in [0.15, 0.2) is 0 Å². The van der Waals surface area contributed by atoms with Crippen LogP contribution in [0.5, 0.6) is 0 Å². The molecule has 4 rings (SSSR count). The summed E-state index contributed by atoms with van der Waals surface area (Å²) in [5.41, 5.74) is 1.85. The van der Waals surface area contributed by atoms with E-state index in [1.165, 1.54) is 6.42 Å². The van der Waals surface area contributed by atoms with Crippen LogP contribution in [0.2, 0.25) is 0 Å². The van der Waals surface area contributed by atoms with E-state index in [1.807, 2.05) is 35.4 Å². The Morgan fingerprint density at radius 1 is 1.05 bits per heavy atom. The molecule has 5 heteroatoms. The van der Waals surface area contributed by atoms with Gasteiger partial charge in [0.1, 0.15) is 5.82 Å². The van der Waals surface area contributed by atoms with Gasteiger partial charge in [-0.1, -0.05) is 18.6 Å². The van der Waals surface area contributed by atoms with Crippen molar-refractivity contribution in [2.75, 3.05) is 31.1 Å². The second kappa shape index (κ2) is 5.55. The Kier molecular flexibility index (Phi) is 3.41. The van der Waals surface area contributed by atoms with Crippen LogP contribution in [0.1, 0.15) is 19.3 Å². The number of aromatic nitrogens is 2. The smallest absolute Gasteiger partial charge is 0.225 e. The van der Waals surface area contributed by atoms with E-state index in [1.54, 1.807) is 0 Å². The quantitative estimate of drug-likeness (QED) is 0.851. The summed E-state index contributed by atoms with van der Waals surface area (Å²) in [5, 5.41) is 0. The summed E-state index contributed by atoms with van der Waals surface area (Å²) in [4.78, 5) is 25.7. The fourth-order valence-corrected chi connectivity index (χ4v) is 3.17. The van der Waals surface area contributed by atoms with E-state index < -0.39 is 0 Å². The second-order valence-electron chi connectivity index (χ2n) is 6.16. The first kappa shape index (κ1) is 13.5. The summed E-state index contributed by atoms with van der Waals surface area (Å²) in [7, 11) is 0. The van der Waals surface area contributed by atoms with Crippen LogP contribution in [0.3, 0.4) is 0 Å². The molecule has 0 unspecified atom stereocenters. The fourth-order valence-electron chi connectivity index (χ4n) is 3.17. The van der Waals surface area contributed by atoms with Crippen LogP contribution in [0, 0.1) is 5.92 Å². The lowest BCUT2D eigenvalue weighted by Gasteiger charge is -2.38. The molecule has 1 aliphatic heterocycles. The van der Waals surface area contributed by atoms with E-state index in [4.69, 9.17) is 4.98 Å². The molecule has 2 aromatic rings. The predicted molar refractivity (Wildman–Crippen MR) is 85.7 cm³/mol. The third-order valence-electron chi connectivity index (χ3n) is 4.81. The summed E-state index contributed by atoms with van der Waals surface area (Å²) < 4.78 is 0. The van der Waals surface area contributed by atoms with Crippen molar-refractivity contribution in [3.8, 4) is 0 Å². The average Bonchev–Trinajstić information content (AvgIpc) is 2.53. The Morgan fingerprint density at radius 2 is 1.77 bits per heavy atom. The van der Waals surface area contributed by atoms with E-state index in [-0.39, 0.29) is 0 Å². The molecule has 1 aromatic carbocycles. The molecule has 5 nitrogen and oxygen atoms in total. The maximum atomic E-state index is 12.3. The van der Waals surface area contributed by atoms with Gasteiger partial charge in [0.25, 0.3) is 0 Å². The van der Waals surface area contributed by atoms with E-state index in [0.717, 1.165) is 55.9 Å². The third kappa shape index (κ3) is 2.40. The van der Waals surface area contributed by atoms with Crippen LogP contribution in [-0.4, -0.2) is 47.0 Å². The molecule has 1 saturated carbocycles. The minimum atomic E-state index is 0.298. The van der Waals surface area contributed by atoms with Crippen LogP contribution in [-0.2, 0) is 4.79 Å². The Labute approximate surface area is 130 Å². The zero-order valence-corrected chi connectivity index (χ0v) is 12.6. The highest BCUT2D eigenvalue weighted by Crippen LogP contribution is 2.28. The van der Waals surface area contributed by atoms with Gasteiger partial charge in [0.2, 0.25) is 5.91 Å². The number of amides is 1. The minimum absolute atomic E-state index is 0.298. The summed E-state index contributed by atoms with van der Waals surface area (Å²) in [6, 6.07) is 7.92. The number of rotatable bonds is 2. The average molecular weight is 296 g/mol. The molecule has 1 amide bonds. The molecule has 22 heavy (non-hydrogen) atoms. The van der Waals surface area contributed by atoms with Crippen molar-refractivity contribution in [1.82, 2.24) is 14.9 Å². The number of piperazine rings is 1. The molecule has 2 aliphatic rings. The van der Waals surface area contributed by atoms with Gasteiger partial charge in [-0.25, -0.2) is 4.98 Å².